The number of carbonyl (C=O) groups excluding carboxylic acids is 2. The summed E-state index contributed by atoms with van der Waals surface area (Å²) in [5.74, 6) is -2.65. The van der Waals surface area contributed by atoms with Gasteiger partial charge in [0.15, 0.2) is 5.82 Å². The van der Waals surface area contributed by atoms with E-state index in [1.807, 2.05) is 5.32 Å². The summed E-state index contributed by atoms with van der Waals surface area (Å²) in [7, 11) is 0. The maximum absolute atomic E-state index is 12.4. The second kappa shape index (κ2) is 9.48. The van der Waals surface area contributed by atoms with Crippen LogP contribution in [0.5, 0.6) is 0 Å². The van der Waals surface area contributed by atoms with Crippen LogP contribution < -0.4 is 16.4 Å². The van der Waals surface area contributed by atoms with E-state index in [9.17, 15) is 28.0 Å². The molecule has 0 radical (unpaired) electrons. The molecule has 3 atom stereocenters. The number of amides is 2. The van der Waals surface area contributed by atoms with Crippen LogP contribution in [0.1, 0.15) is 35.7 Å². The van der Waals surface area contributed by atoms with Gasteiger partial charge in [-0.3, -0.25) is 14.3 Å². The lowest BCUT2D eigenvalue weighted by atomic mass is 9.78. The normalized spacial score (nSPS) is 20.9. The zero-order chi connectivity index (χ0) is 23.5. The van der Waals surface area contributed by atoms with Crippen LogP contribution in [-0.4, -0.2) is 34.3 Å². The summed E-state index contributed by atoms with van der Waals surface area (Å²) in [4.78, 5) is 24.0. The molecule has 0 saturated heterocycles. The van der Waals surface area contributed by atoms with Crippen LogP contribution in [-0.2, 0) is 4.79 Å². The third-order valence-corrected chi connectivity index (χ3v) is 5.51. The summed E-state index contributed by atoms with van der Waals surface area (Å²) in [6, 6.07) is 8.33. The second-order valence-electron chi connectivity index (χ2n) is 7.51. The first-order valence-electron chi connectivity index (χ1n) is 9.73. The molecule has 2 aromatic rings. The summed E-state index contributed by atoms with van der Waals surface area (Å²) in [6.07, 6.45) is -2.40. The Balaban J connectivity index is 1.76. The molecule has 1 saturated carbocycles. The third kappa shape index (κ3) is 5.70. The number of halogens is 4. The number of primary amides is 1. The van der Waals surface area contributed by atoms with Crippen LogP contribution in [0.2, 0.25) is 5.02 Å². The minimum absolute atomic E-state index is 0.0799. The van der Waals surface area contributed by atoms with Crippen LogP contribution in [0, 0.1) is 23.2 Å². The van der Waals surface area contributed by atoms with Crippen molar-refractivity contribution in [1.82, 2.24) is 15.1 Å². The predicted molar refractivity (Wildman–Crippen MR) is 110 cm³/mol. The molecule has 1 aliphatic rings. The Morgan fingerprint density at radius 1 is 1.28 bits per heavy atom. The molecule has 1 aliphatic carbocycles. The van der Waals surface area contributed by atoms with Gasteiger partial charge in [0.1, 0.15) is 12.1 Å². The fourth-order valence-electron chi connectivity index (χ4n) is 3.68. The molecule has 0 bridgehead atoms. The van der Waals surface area contributed by atoms with Gasteiger partial charge in [0.2, 0.25) is 5.91 Å². The summed E-state index contributed by atoms with van der Waals surface area (Å²) >= 11 is 5.87. The maximum Gasteiger partial charge on any atom is 0.405 e. The Morgan fingerprint density at radius 3 is 2.56 bits per heavy atom. The van der Waals surface area contributed by atoms with Crippen molar-refractivity contribution in [3.05, 3.63) is 41.0 Å². The van der Waals surface area contributed by atoms with E-state index in [-0.39, 0.29) is 24.2 Å². The summed E-state index contributed by atoms with van der Waals surface area (Å²) in [5.41, 5.74) is 6.20. The number of rotatable bonds is 6. The van der Waals surface area contributed by atoms with E-state index in [4.69, 9.17) is 17.3 Å². The van der Waals surface area contributed by atoms with Crippen molar-refractivity contribution in [2.24, 2.45) is 17.6 Å². The van der Waals surface area contributed by atoms with Gasteiger partial charge in [-0.15, -0.1) is 0 Å². The first-order chi connectivity index (χ1) is 15.1. The molecular weight excluding hydrogens is 449 g/mol. The lowest BCUT2D eigenvalue weighted by molar-refractivity contribution is -0.141. The number of nitriles is 1. The van der Waals surface area contributed by atoms with Crippen LogP contribution in [0.3, 0.4) is 0 Å². The topological polar surface area (TPSA) is 126 Å². The molecule has 32 heavy (non-hydrogen) atoms. The molecule has 1 aromatic heterocycles. The Kier molecular flexibility index (Phi) is 6.93. The molecule has 8 nitrogen and oxygen atoms in total. The number of anilines is 2. The number of hydrogen-bond acceptors (Lipinski definition) is 5. The molecular formula is C20H20ClF3N6O2. The molecule has 170 valence electrons. The Hall–Kier alpha value is -3.26. The fraction of sp³-hybridized carbons (Fsp3) is 0.400. The van der Waals surface area contributed by atoms with Crippen molar-refractivity contribution in [1.29, 1.82) is 5.26 Å². The molecule has 12 heteroatoms. The summed E-state index contributed by atoms with van der Waals surface area (Å²) in [6.45, 7) is -1.41. The van der Waals surface area contributed by atoms with Crippen LogP contribution in [0.25, 0.3) is 0 Å². The van der Waals surface area contributed by atoms with Gasteiger partial charge in [-0.2, -0.15) is 23.5 Å². The number of nitrogens with two attached hydrogens (primary N) is 1. The third-order valence-electron chi connectivity index (χ3n) is 5.26. The van der Waals surface area contributed by atoms with E-state index < -0.39 is 42.4 Å². The van der Waals surface area contributed by atoms with Gasteiger partial charge in [-0.1, -0.05) is 11.6 Å². The zero-order valence-electron chi connectivity index (χ0n) is 16.7. The first-order valence-corrected chi connectivity index (χ1v) is 10.1. The molecule has 1 heterocycles. The van der Waals surface area contributed by atoms with Crippen LogP contribution in [0.15, 0.2) is 30.5 Å². The van der Waals surface area contributed by atoms with E-state index in [0.29, 0.717) is 17.1 Å². The van der Waals surface area contributed by atoms with Crippen LogP contribution >= 0.6 is 11.6 Å². The predicted octanol–water partition coefficient (Wildman–Crippen LogP) is 3.54. The largest absolute Gasteiger partial charge is 0.405 e. The van der Waals surface area contributed by atoms with E-state index in [1.165, 1.54) is 10.9 Å². The molecule has 0 spiro atoms. The highest BCUT2D eigenvalue weighted by atomic mass is 35.5. The fourth-order valence-corrected chi connectivity index (χ4v) is 3.81. The quantitative estimate of drug-likeness (QED) is 0.597. The number of carbonyl (C=O) groups is 2. The van der Waals surface area contributed by atoms with Gasteiger partial charge in [0.05, 0.1) is 18.0 Å². The number of hydrogen-bond donors (Lipinski definition) is 3. The lowest BCUT2D eigenvalue weighted by Crippen LogP contribution is -2.40. The summed E-state index contributed by atoms with van der Waals surface area (Å²) in [5, 5.41) is 19.4. The number of aromatic nitrogens is 2. The zero-order valence-corrected chi connectivity index (χ0v) is 17.5. The first kappa shape index (κ1) is 23.4. The molecule has 4 N–H and O–H groups in total. The van der Waals surface area contributed by atoms with Gasteiger partial charge >= 0.3 is 6.18 Å². The number of alkyl halides is 3. The highest BCUT2D eigenvalue weighted by Crippen LogP contribution is 2.38. The van der Waals surface area contributed by atoms with Crippen molar-refractivity contribution in [3.63, 3.8) is 0 Å². The number of nitrogens with one attached hydrogen (secondary N) is 2. The minimum atomic E-state index is -4.50. The SMILES string of the molecule is N#C[C@@H]1C[C@H](C(=O)NCC(F)(F)F)CCC1n1cc(C(N)=O)c(Nc2ccc(Cl)cc2)n1. The highest BCUT2D eigenvalue weighted by Gasteiger charge is 2.37. The number of nitrogens with zero attached hydrogens (tertiary/aromatic N) is 3. The van der Waals surface area contributed by atoms with Crippen LogP contribution in [0.4, 0.5) is 24.7 Å². The van der Waals surface area contributed by atoms with Gasteiger partial charge in [0.25, 0.3) is 5.91 Å². The standard InChI is InChI=1S/C20H20ClF3N6O2/c21-13-2-4-14(5-3-13)28-18-15(17(26)31)9-30(29-18)16-6-1-11(7-12(16)8-25)19(32)27-10-20(22,23)24/h2-5,9,11-12,16H,1,6-7,10H2,(H2,26,31)(H,27,32)(H,28,29)/t11-,12+,16?/m1/s1. The monoisotopic (exact) mass is 468 g/mol. The molecule has 1 unspecified atom stereocenters. The minimum Gasteiger partial charge on any atom is -0.365 e. The molecule has 1 aromatic carbocycles. The van der Waals surface area contributed by atoms with Gasteiger partial charge < -0.3 is 16.4 Å². The second-order valence-corrected chi connectivity index (χ2v) is 7.95. The Bertz CT molecular complexity index is 1030. The van der Waals surface area contributed by atoms with Gasteiger partial charge in [-0.05, 0) is 43.5 Å². The lowest BCUT2D eigenvalue weighted by Gasteiger charge is -2.32. The van der Waals surface area contributed by atoms with Crippen molar-refractivity contribution in [2.75, 3.05) is 11.9 Å². The molecule has 2 amide bonds. The number of benzene rings is 1. The summed E-state index contributed by atoms with van der Waals surface area (Å²) < 4.78 is 38.5. The Morgan fingerprint density at radius 2 is 1.97 bits per heavy atom. The smallest absolute Gasteiger partial charge is 0.365 e. The van der Waals surface area contributed by atoms with Crippen molar-refractivity contribution >= 4 is 34.9 Å². The van der Waals surface area contributed by atoms with Crippen molar-refractivity contribution in [2.45, 2.75) is 31.5 Å². The molecule has 0 aliphatic heterocycles. The van der Waals surface area contributed by atoms with Crippen molar-refractivity contribution < 1.29 is 22.8 Å². The van der Waals surface area contributed by atoms with E-state index >= 15 is 0 Å². The average molecular weight is 469 g/mol. The van der Waals surface area contributed by atoms with E-state index in [0.717, 1.165) is 0 Å². The van der Waals surface area contributed by atoms with Crippen molar-refractivity contribution in [3.8, 4) is 6.07 Å². The molecule has 1 fully saturated rings. The maximum atomic E-state index is 12.4. The van der Waals surface area contributed by atoms with E-state index in [2.05, 4.69) is 16.5 Å². The van der Waals surface area contributed by atoms with E-state index in [1.54, 1.807) is 24.3 Å². The Labute approximate surface area is 186 Å². The van der Waals surface area contributed by atoms with Gasteiger partial charge in [0, 0.05) is 22.8 Å². The molecule has 3 rings (SSSR count). The average Bonchev–Trinajstić information content (AvgIpc) is 3.16. The van der Waals surface area contributed by atoms with Gasteiger partial charge in [-0.25, -0.2) is 0 Å². The highest BCUT2D eigenvalue weighted by molar-refractivity contribution is 6.30.